The Kier molecular flexibility index (Phi) is 4.51. The number of carbonyl (C=O) groups is 1. The molecule has 2 aromatic rings. The van der Waals surface area contributed by atoms with Crippen molar-refractivity contribution in [2.45, 2.75) is 45.8 Å². The van der Waals surface area contributed by atoms with Gasteiger partial charge in [0, 0.05) is 6.54 Å². The lowest BCUT2D eigenvalue weighted by Crippen LogP contribution is -2.43. The van der Waals surface area contributed by atoms with Gasteiger partial charge >= 0.3 is 6.18 Å². The van der Waals surface area contributed by atoms with Crippen molar-refractivity contribution in [2.24, 2.45) is 5.41 Å². The maximum Gasteiger partial charge on any atom is 0.409 e. The quantitative estimate of drug-likeness (QED) is 0.837. The van der Waals surface area contributed by atoms with Crippen LogP contribution in [0.1, 0.15) is 50.8 Å². The first-order valence-electron chi connectivity index (χ1n) is 8.68. The minimum absolute atomic E-state index is 0.000150. The Morgan fingerprint density at radius 2 is 1.81 bits per heavy atom. The van der Waals surface area contributed by atoms with Crippen LogP contribution >= 0.6 is 0 Å². The second-order valence-electron chi connectivity index (χ2n) is 7.88. The molecular formula is C20H23F3N2O. The van der Waals surface area contributed by atoms with Gasteiger partial charge in [-0.2, -0.15) is 13.2 Å². The van der Waals surface area contributed by atoms with Crippen LogP contribution in [0, 0.1) is 5.41 Å². The predicted octanol–water partition coefficient (Wildman–Crippen LogP) is 4.94. The van der Waals surface area contributed by atoms with Gasteiger partial charge in [-0.25, -0.2) is 5.01 Å². The summed E-state index contributed by atoms with van der Waals surface area (Å²) < 4.78 is 41.9. The van der Waals surface area contributed by atoms with Crippen molar-refractivity contribution in [2.75, 3.05) is 6.54 Å². The normalized spacial score (nSPS) is 19.2. The molecule has 140 valence electrons. The molecule has 0 aromatic heterocycles. The molecule has 6 heteroatoms. The lowest BCUT2D eigenvalue weighted by atomic mass is 9.90. The Morgan fingerprint density at radius 1 is 1.15 bits per heavy atom. The fourth-order valence-corrected chi connectivity index (χ4v) is 3.52. The van der Waals surface area contributed by atoms with E-state index in [4.69, 9.17) is 0 Å². The van der Waals surface area contributed by atoms with Gasteiger partial charge in [-0.05, 0) is 47.7 Å². The van der Waals surface area contributed by atoms with Crippen molar-refractivity contribution in [3.63, 3.8) is 0 Å². The fourth-order valence-electron chi connectivity index (χ4n) is 3.52. The number of hydrazine groups is 1. The molecule has 2 aromatic carbocycles. The number of hydrogen-bond donors (Lipinski definition) is 1. The van der Waals surface area contributed by atoms with Crippen molar-refractivity contribution in [1.82, 2.24) is 10.4 Å². The van der Waals surface area contributed by atoms with Gasteiger partial charge in [0.15, 0.2) is 0 Å². The van der Waals surface area contributed by atoms with Crippen LogP contribution in [-0.4, -0.2) is 23.6 Å². The standard InChI is InChI=1S/C20H23F3N2O/c1-12(2)16-10-14(9-13-7-5-6-8-15(13)16)17(20(21,22)23)25-11-19(3,4)18(26)24-25/h5-10,12,17H,11H2,1-4H3,(H,24,26)/t17-/m0/s1. The Morgan fingerprint density at radius 3 is 2.35 bits per heavy atom. The van der Waals surface area contributed by atoms with Crippen LogP contribution in [-0.2, 0) is 4.79 Å². The molecule has 1 aliphatic heterocycles. The van der Waals surface area contributed by atoms with Crippen LogP contribution in [0.4, 0.5) is 13.2 Å². The summed E-state index contributed by atoms with van der Waals surface area (Å²) in [6.45, 7) is 7.23. The third-order valence-corrected chi connectivity index (χ3v) is 4.90. The summed E-state index contributed by atoms with van der Waals surface area (Å²) in [7, 11) is 0. The van der Waals surface area contributed by atoms with Gasteiger partial charge in [0.25, 0.3) is 0 Å². The molecule has 1 aliphatic rings. The van der Waals surface area contributed by atoms with Crippen LogP contribution in [0.3, 0.4) is 0 Å². The Hall–Kier alpha value is -2.08. The van der Waals surface area contributed by atoms with Crippen molar-refractivity contribution < 1.29 is 18.0 Å². The number of amides is 1. The third kappa shape index (κ3) is 3.30. The van der Waals surface area contributed by atoms with E-state index in [0.29, 0.717) is 0 Å². The summed E-state index contributed by atoms with van der Waals surface area (Å²) >= 11 is 0. The first-order chi connectivity index (χ1) is 12.0. The zero-order chi connectivity index (χ0) is 19.3. The Bertz CT molecular complexity index is 843. The van der Waals surface area contributed by atoms with E-state index in [9.17, 15) is 18.0 Å². The van der Waals surface area contributed by atoms with E-state index in [1.54, 1.807) is 26.0 Å². The fraction of sp³-hybridized carbons (Fsp3) is 0.450. The number of halogens is 3. The SMILES string of the molecule is CC(C)c1cc([C@H](N2CC(C)(C)C(=O)N2)C(F)(F)F)cc2ccccc12. The summed E-state index contributed by atoms with van der Waals surface area (Å²) in [6, 6.07) is 8.79. The lowest BCUT2D eigenvalue weighted by Gasteiger charge is -2.30. The average molecular weight is 364 g/mol. The van der Waals surface area contributed by atoms with Gasteiger partial charge in [0.2, 0.25) is 5.91 Å². The zero-order valence-corrected chi connectivity index (χ0v) is 15.3. The molecule has 0 radical (unpaired) electrons. The van der Waals surface area contributed by atoms with E-state index < -0.39 is 23.5 Å². The van der Waals surface area contributed by atoms with Crippen LogP contribution in [0.5, 0.6) is 0 Å². The molecule has 1 N–H and O–H groups in total. The summed E-state index contributed by atoms with van der Waals surface area (Å²) in [4.78, 5) is 12.0. The van der Waals surface area contributed by atoms with Crippen LogP contribution in [0.25, 0.3) is 10.8 Å². The first-order valence-corrected chi connectivity index (χ1v) is 8.68. The lowest BCUT2D eigenvalue weighted by molar-refractivity contribution is -0.191. The van der Waals surface area contributed by atoms with Gasteiger partial charge in [-0.3, -0.25) is 10.2 Å². The first kappa shape index (κ1) is 18.7. The highest BCUT2D eigenvalue weighted by Gasteiger charge is 2.51. The highest BCUT2D eigenvalue weighted by atomic mass is 19.4. The Labute approximate surface area is 151 Å². The monoisotopic (exact) mass is 364 g/mol. The minimum Gasteiger partial charge on any atom is -0.287 e. The molecule has 3 rings (SSSR count). The topological polar surface area (TPSA) is 32.3 Å². The number of rotatable bonds is 3. The number of alkyl halides is 3. The zero-order valence-electron chi connectivity index (χ0n) is 15.3. The summed E-state index contributed by atoms with van der Waals surface area (Å²) in [5, 5.41) is 2.75. The van der Waals surface area contributed by atoms with Crippen molar-refractivity contribution >= 4 is 16.7 Å². The summed E-state index contributed by atoms with van der Waals surface area (Å²) in [6.07, 6.45) is -4.51. The van der Waals surface area contributed by atoms with Crippen molar-refractivity contribution in [1.29, 1.82) is 0 Å². The number of carbonyl (C=O) groups excluding carboxylic acids is 1. The van der Waals surface area contributed by atoms with E-state index in [-0.39, 0.29) is 18.0 Å². The summed E-state index contributed by atoms with van der Waals surface area (Å²) in [5.74, 6) is -0.310. The second kappa shape index (κ2) is 6.27. The maximum absolute atomic E-state index is 14.0. The van der Waals surface area contributed by atoms with Crippen molar-refractivity contribution in [3.05, 3.63) is 47.5 Å². The van der Waals surface area contributed by atoms with Crippen LogP contribution in [0.2, 0.25) is 0 Å². The molecule has 3 nitrogen and oxygen atoms in total. The highest BCUT2D eigenvalue weighted by Crippen LogP contribution is 2.42. The van der Waals surface area contributed by atoms with E-state index in [1.165, 1.54) is 0 Å². The van der Waals surface area contributed by atoms with Gasteiger partial charge < -0.3 is 0 Å². The molecule has 0 spiro atoms. The number of hydrogen-bond acceptors (Lipinski definition) is 2. The number of nitrogens with one attached hydrogen (secondary N) is 1. The summed E-state index contributed by atoms with van der Waals surface area (Å²) in [5.41, 5.74) is 2.58. The number of fused-ring (bicyclic) bond motifs is 1. The predicted molar refractivity (Wildman–Crippen MR) is 95.5 cm³/mol. The van der Waals surface area contributed by atoms with E-state index in [2.05, 4.69) is 5.43 Å². The number of nitrogens with zero attached hydrogens (tertiary/aromatic N) is 1. The van der Waals surface area contributed by atoms with Gasteiger partial charge in [-0.1, -0.05) is 44.2 Å². The molecule has 1 heterocycles. The molecule has 0 bridgehead atoms. The minimum atomic E-state index is -4.51. The smallest absolute Gasteiger partial charge is 0.287 e. The molecule has 26 heavy (non-hydrogen) atoms. The second-order valence-corrected chi connectivity index (χ2v) is 7.88. The maximum atomic E-state index is 14.0. The molecule has 1 saturated heterocycles. The number of benzene rings is 2. The van der Waals surface area contributed by atoms with Crippen LogP contribution < -0.4 is 5.43 Å². The largest absolute Gasteiger partial charge is 0.409 e. The van der Waals surface area contributed by atoms with E-state index in [1.807, 2.05) is 38.1 Å². The van der Waals surface area contributed by atoms with Crippen LogP contribution in [0.15, 0.2) is 36.4 Å². The molecule has 0 saturated carbocycles. The molecule has 0 unspecified atom stereocenters. The van der Waals surface area contributed by atoms with E-state index >= 15 is 0 Å². The third-order valence-electron chi connectivity index (χ3n) is 4.90. The molecule has 1 atom stereocenters. The molecule has 1 fully saturated rings. The molecule has 1 amide bonds. The van der Waals surface area contributed by atoms with Gasteiger partial charge in [0.05, 0.1) is 5.41 Å². The highest BCUT2D eigenvalue weighted by molar-refractivity contribution is 5.87. The Balaban J connectivity index is 2.15. The van der Waals surface area contributed by atoms with Crippen molar-refractivity contribution in [3.8, 4) is 0 Å². The van der Waals surface area contributed by atoms with Gasteiger partial charge in [0.1, 0.15) is 6.04 Å². The molecule has 0 aliphatic carbocycles. The average Bonchev–Trinajstić information content (AvgIpc) is 2.77. The van der Waals surface area contributed by atoms with Gasteiger partial charge in [-0.15, -0.1) is 0 Å². The molecular weight excluding hydrogens is 341 g/mol. The van der Waals surface area contributed by atoms with E-state index in [0.717, 1.165) is 21.3 Å².